The second-order valence-electron chi connectivity index (χ2n) is 8.45. The molecule has 0 aliphatic carbocycles. The van der Waals surface area contributed by atoms with E-state index in [-0.39, 0.29) is 38.8 Å². The first-order valence-corrected chi connectivity index (χ1v) is 12.9. The predicted molar refractivity (Wildman–Crippen MR) is 139 cm³/mol. The zero-order valence-corrected chi connectivity index (χ0v) is 21.3. The fourth-order valence-electron chi connectivity index (χ4n) is 4.12. The van der Waals surface area contributed by atoms with Crippen LogP contribution in [-0.2, 0) is 10.0 Å². The van der Waals surface area contributed by atoms with Crippen LogP contribution in [0.3, 0.4) is 0 Å². The van der Waals surface area contributed by atoms with Crippen LogP contribution in [0.1, 0.15) is 5.82 Å². The van der Waals surface area contributed by atoms with Gasteiger partial charge >= 0.3 is 0 Å². The molecule has 0 amide bonds. The highest BCUT2D eigenvalue weighted by atomic mass is 32.2. The molecule has 5 rings (SSSR count). The topological polar surface area (TPSA) is 103 Å². The van der Waals surface area contributed by atoms with Gasteiger partial charge in [-0.15, -0.1) is 0 Å². The fourth-order valence-corrected chi connectivity index (χ4v) is 5.15. The number of halogens is 3. The Bertz CT molecular complexity index is 1930. The minimum absolute atomic E-state index is 0.0297. The summed E-state index contributed by atoms with van der Waals surface area (Å²) in [6.07, 6.45) is 1.42. The minimum Gasteiger partial charge on any atom is -0.495 e. The number of ether oxygens (including phenoxy) is 1. The number of aryl methyl sites for hydroxylation is 1. The molecule has 3 aromatic carbocycles. The molecule has 0 spiro atoms. The molecule has 39 heavy (non-hydrogen) atoms. The molecule has 2 heterocycles. The smallest absolute Gasteiger partial charge is 0.263 e. The van der Waals surface area contributed by atoms with Crippen LogP contribution in [0.15, 0.2) is 82.6 Å². The fraction of sp³-hybridized carbons (Fsp3) is 0.0741. The Hall–Kier alpha value is -4.71. The molecule has 2 aromatic heterocycles. The monoisotopic (exact) mass is 552 g/mol. The van der Waals surface area contributed by atoms with Crippen molar-refractivity contribution in [1.29, 1.82) is 0 Å². The second-order valence-corrected chi connectivity index (χ2v) is 10.1. The molecular formula is C27H19F3N4O4S. The van der Waals surface area contributed by atoms with Crippen LogP contribution in [0.25, 0.3) is 27.7 Å². The van der Waals surface area contributed by atoms with E-state index in [0.29, 0.717) is 11.2 Å². The van der Waals surface area contributed by atoms with Crippen molar-refractivity contribution in [3.05, 3.63) is 107 Å². The molecule has 0 atom stereocenters. The molecule has 1 N–H and O–H groups in total. The van der Waals surface area contributed by atoms with Gasteiger partial charge in [-0.1, -0.05) is 6.07 Å². The largest absolute Gasteiger partial charge is 0.495 e. The summed E-state index contributed by atoms with van der Waals surface area (Å²) in [5.74, 6) is -2.49. The van der Waals surface area contributed by atoms with Gasteiger partial charge in [0.15, 0.2) is 11.6 Å². The minimum atomic E-state index is -4.04. The number of anilines is 1. The number of methoxy groups -OCH3 is 1. The molecule has 0 aliphatic heterocycles. The molecular weight excluding hydrogens is 533 g/mol. The van der Waals surface area contributed by atoms with E-state index >= 15 is 4.39 Å². The first-order valence-electron chi connectivity index (χ1n) is 11.4. The molecule has 0 fully saturated rings. The highest BCUT2D eigenvalue weighted by molar-refractivity contribution is 7.92. The Labute approximate surface area is 220 Å². The van der Waals surface area contributed by atoms with Gasteiger partial charge in [0.25, 0.3) is 15.6 Å². The average molecular weight is 553 g/mol. The molecule has 12 heteroatoms. The van der Waals surface area contributed by atoms with Crippen LogP contribution in [0.5, 0.6) is 5.75 Å². The number of fused-ring (bicyclic) bond motifs is 1. The lowest BCUT2D eigenvalue weighted by atomic mass is 10.0. The summed E-state index contributed by atoms with van der Waals surface area (Å²) >= 11 is 0. The summed E-state index contributed by atoms with van der Waals surface area (Å²) < 4.78 is 77.4. The standard InChI is InChI=1S/C27H19F3N4O4S/c1-15-31-10-9-26(32-15)33-39(36,37)18-5-7-23-17(11-18)4-8-27(35)34(23)24-14-21(29)19(13-25(24)38-2)16-3-6-20(28)22(30)12-16/h3-14H,1-2H3,(H,31,32,33). The number of nitrogens with zero attached hydrogens (tertiary/aromatic N) is 3. The maximum Gasteiger partial charge on any atom is 0.263 e. The van der Waals surface area contributed by atoms with Crippen molar-refractivity contribution in [1.82, 2.24) is 14.5 Å². The van der Waals surface area contributed by atoms with Crippen molar-refractivity contribution in [2.45, 2.75) is 11.8 Å². The van der Waals surface area contributed by atoms with Gasteiger partial charge in [0.2, 0.25) is 0 Å². The first-order chi connectivity index (χ1) is 18.6. The zero-order valence-electron chi connectivity index (χ0n) is 20.4. The zero-order chi connectivity index (χ0) is 27.9. The highest BCUT2D eigenvalue weighted by Crippen LogP contribution is 2.34. The quantitative estimate of drug-likeness (QED) is 0.319. The lowest BCUT2D eigenvalue weighted by Crippen LogP contribution is -2.19. The Morgan fingerprint density at radius 2 is 1.69 bits per heavy atom. The summed E-state index contributed by atoms with van der Waals surface area (Å²) in [7, 11) is -2.73. The molecule has 0 saturated heterocycles. The van der Waals surface area contributed by atoms with Crippen molar-refractivity contribution in [3.63, 3.8) is 0 Å². The molecule has 0 unspecified atom stereocenters. The molecule has 5 aromatic rings. The normalized spacial score (nSPS) is 11.5. The number of hydrogen-bond acceptors (Lipinski definition) is 6. The number of hydrogen-bond donors (Lipinski definition) is 1. The summed E-state index contributed by atoms with van der Waals surface area (Å²) in [4.78, 5) is 20.8. The highest BCUT2D eigenvalue weighted by Gasteiger charge is 2.20. The van der Waals surface area contributed by atoms with Gasteiger partial charge in [-0.3, -0.25) is 14.1 Å². The summed E-state index contributed by atoms with van der Waals surface area (Å²) in [6, 6.07) is 13.4. The number of rotatable bonds is 6. The van der Waals surface area contributed by atoms with E-state index in [0.717, 1.165) is 18.2 Å². The number of pyridine rings is 1. The van der Waals surface area contributed by atoms with Crippen molar-refractivity contribution in [2.24, 2.45) is 0 Å². The van der Waals surface area contributed by atoms with Crippen LogP contribution < -0.4 is 15.0 Å². The molecule has 0 bridgehead atoms. The van der Waals surface area contributed by atoms with Gasteiger partial charge in [-0.25, -0.2) is 31.6 Å². The van der Waals surface area contributed by atoms with E-state index in [9.17, 15) is 22.0 Å². The third-order valence-corrected chi connectivity index (χ3v) is 7.28. The predicted octanol–water partition coefficient (Wildman–Crippen LogP) is 4.98. The van der Waals surface area contributed by atoms with E-state index < -0.39 is 33.0 Å². The van der Waals surface area contributed by atoms with Crippen molar-refractivity contribution in [2.75, 3.05) is 11.8 Å². The van der Waals surface area contributed by atoms with Crippen LogP contribution >= 0.6 is 0 Å². The van der Waals surface area contributed by atoms with Gasteiger partial charge in [0.05, 0.1) is 23.2 Å². The van der Waals surface area contributed by atoms with E-state index in [1.807, 2.05) is 0 Å². The van der Waals surface area contributed by atoms with Crippen molar-refractivity contribution >= 4 is 26.7 Å². The number of nitrogens with one attached hydrogen (secondary N) is 1. The van der Waals surface area contributed by atoms with E-state index in [1.54, 1.807) is 6.92 Å². The second kappa shape index (κ2) is 9.87. The SMILES string of the molecule is COc1cc(-c2ccc(F)c(F)c2)c(F)cc1-n1c(=O)ccc2cc(S(=O)(=O)Nc3ccnc(C)n3)ccc21. The van der Waals surface area contributed by atoms with Gasteiger partial charge < -0.3 is 4.74 Å². The van der Waals surface area contributed by atoms with Gasteiger partial charge in [0.1, 0.15) is 23.2 Å². The summed E-state index contributed by atoms with van der Waals surface area (Å²) in [6.45, 7) is 1.62. The van der Waals surface area contributed by atoms with Gasteiger partial charge in [-0.05, 0) is 61.0 Å². The maximum absolute atomic E-state index is 15.3. The van der Waals surface area contributed by atoms with E-state index in [4.69, 9.17) is 4.74 Å². The third-order valence-electron chi connectivity index (χ3n) is 5.93. The Kier molecular flexibility index (Phi) is 6.56. The van der Waals surface area contributed by atoms with Gasteiger partial charge in [-0.2, -0.15) is 0 Å². The molecule has 0 aliphatic rings. The van der Waals surface area contributed by atoms with Gasteiger partial charge in [0, 0.05) is 29.3 Å². The molecule has 8 nitrogen and oxygen atoms in total. The number of aromatic nitrogens is 3. The van der Waals surface area contributed by atoms with Crippen molar-refractivity contribution in [3.8, 4) is 22.6 Å². The van der Waals surface area contributed by atoms with Crippen LogP contribution in [0.4, 0.5) is 19.0 Å². The van der Waals surface area contributed by atoms with Crippen LogP contribution in [-0.4, -0.2) is 30.1 Å². The van der Waals surface area contributed by atoms with Crippen LogP contribution in [0, 0.1) is 24.4 Å². The number of sulfonamides is 1. The summed E-state index contributed by atoms with van der Waals surface area (Å²) in [5.41, 5.74) is -0.226. The molecule has 0 saturated carbocycles. The lowest BCUT2D eigenvalue weighted by Gasteiger charge is -2.17. The summed E-state index contributed by atoms with van der Waals surface area (Å²) in [5, 5.41) is 0.364. The Morgan fingerprint density at radius 1 is 0.897 bits per heavy atom. The Morgan fingerprint density at radius 3 is 2.41 bits per heavy atom. The van der Waals surface area contributed by atoms with E-state index in [2.05, 4.69) is 14.7 Å². The number of benzene rings is 3. The van der Waals surface area contributed by atoms with Crippen LogP contribution in [0.2, 0.25) is 0 Å². The first kappa shape index (κ1) is 25.9. The molecule has 198 valence electrons. The van der Waals surface area contributed by atoms with Crippen molar-refractivity contribution < 1.29 is 26.3 Å². The maximum atomic E-state index is 15.3. The lowest BCUT2D eigenvalue weighted by molar-refractivity contribution is 0.412. The average Bonchev–Trinajstić information content (AvgIpc) is 2.89. The molecule has 0 radical (unpaired) electrons. The van der Waals surface area contributed by atoms with E-state index in [1.165, 1.54) is 66.4 Å². The Balaban J connectivity index is 1.62. The third kappa shape index (κ3) is 4.93.